The van der Waals surface area contributed by atoms with Crippen molar-refractivity contribution in [1.29, 1.82) is 0 Å². The van der Waals surface area contributed by atoms with Gasteiger partial charge in [0.1, 0.15) is 0 Å². The van der Waals surface area contributed by atoms with Gasteiger partial charge in [-0.25, -0.2) is 8.42 Å². The van der Waals surface area contributed by atoms with Gasteiger partial charge < -0.3 is 14.8 Å². The number of hydrogen-bond donors (Lipinski definition) is 1. The molecule has 9 heteroatoms. The second-order valence-electron chi connectivity index (χ2n) is 7.15. The van der Waals surface area contributed by atoms with Gasteiger partial charge in [-0.05, 0) is 48.4 Å². The second kappa shape index (κ2) is 11.2. The lowest BCUT2D eigenvalue weighted by molar-refractivity contribution is -0.116. The quantitative estimate of drug-likeness (QED) is 0.461. The first-order valence-electron chi connectivity index (χ1n) is 10.1. The third kappa shape index (κ3) is 6.47. The van der Waals surface area contributed by atoms with E-state index in [1.807, 2.05) is 30.3 Å². The van der Waals surface area contributed by atoms with E-state index in [4.69, 9.17) is 21.1 Å². The Kier molecular flexibility index (Phi) is 8.32. The van der Waals surface area contributed by atoms with E-state index in [-0.39, 0.29) is 23.7 Å². The van der Waals surface area contributed by atoms with E-state index < -0.39 is 15.9 Å². The lowest BCUT2D eigenvalue weighted by Crippen LogP contribution is -2.39. The Labute approximate surface area is 198 Å². The number of ether oxygens (including phenoxy) is 2. The maximum absolute atomic E-state index is 13.5. The Balaban J connectivity index is 1.86. The molecule has 3 rings (SSSR count). The van der Waals surface area contributed by atoms with E-state index in [1.54, 1.807) is 24.3 Å². The summed E-state index contributed by atoms with van der Waals surface area (Å²) in [5.74, 6) is 0.231. The third-order valence-electron chi connectivity index (χ3n) is 4.93. The van der Waals surface area contributed by atoms with Crippen molar-refractivity contribution in [1.82, 2.24) is 4.31 Å². The van der Waals surface area contributed by atoms with Crippen molar-refractivity contribution >= 4 is 33.2 Å². The second-order valence-corrected chi connectivity index (χ2v) is 9.52. The van der Waals surface area contributed by atoms with Crippen molar-refractivity contribution in [2.24, 2.45) is 0 Å². The molecule has 3 aromatic carbocycles. The Bertz CT molecular complexity index is 1190. The third-order valence-corrected chi connectivity index (χ3v) is 7.03. The van der Waals surface area contributed by atoms with E-state index in [0.29, 0.717) is 22.9 Å². The molecule has 0 aliphatic rings. The molecule has 0 heterocycles. The number of carbonyl (C=O) groups excluding carboxylic acids is 1. The minimum absolute atomic E-state index is 0.00695. The van der Waals surface area contributed by atoms with E-state index in [9.17, 15) is 13.2 Å². The number of methoxy groups -OCH3 is 2. The molecule has 33 heavy (non-hydrogen) atoms. The van der Waals surface area contributed by atoms with Crippen molar-refractivity contribution in [3.8, 4) is 11.5 Å². The lowest BCUT2D eigenvalue weighted by Gasteiger charge is -2.22. The molecule has 0 atom stereocenters. The molecule has 0 aliphatic carbocycles. The largest absolute Gasteiger partial charge is 0.493 e. The maximum Gasteiger partial charge on any atom is 0.243 e. The zero-order chi connectivity index (χ0) is 23.8. The van der Waals surface area contributed by atoms with Crippen molar-refractivity contribution in [2.75, 3.05) is 32.6 Å². The fourth-order valence-electron chi connectivity index (χ4n) is 3.20. The number of carbonyl (C=O) groups is 1. The highest BCUT2D eigenvalue weighted by Gasteiger charge is 2.27. The molecular weight excluding hydrogens is 464 g/mol. The number of anilines is 1. The van der Waals surface area contributed by atoms with Crippen LogP contribution in [0.15, 0.2) is 77.7 Å². The molecule has 0 spiro atoms. The zero-order valence-corrected chi connectivity index (χ0v) is 19.9. The van der Waals surface area contributed by atoms with Crippen molar-refractivity contribution < 1.29 is 22.7 Å². The van der Waals surface area contributed by atoms with Crippen LogP contribution in [0.25, 0.3) is 0 Å². The van der Waals surface area contributed by atoms with Crippen LogP contribution in [0, 0.1) is 0 Å². The molecule has 174 valence electrons. The number of nitrogens with one attached hydrogen (secondary N) is 1. The number of benzene rings is 3. The number of halogens is 1. The molecule has 0 saturated carbocycles. The molecule has 0 saturated heterocycles. The van der Waals surface area contributed by atoms with Crippen LogP contribution in [-0.2, 0) is 21.2 Å². The van der Waals surface area contributed by atoms with Crippen LogP contribution >= 0.6 is 11.6 Å². The van der Waals surface area contributed by atoms with Crippen molar-refractivity contribution in [3.63, 3.8) is 0 Å². The first-order chi connectivity index (χ1) is 15.8. The summed E-state index contributed by atoms with van der Waals surface area (Å²) in [6, 6.07) is 20.4. The Morgan fingerprint density at radius 3 is 2.24 bits per heavy atom. The highest BCUT2D eigenvalue weighted by Crippen LogP contribution is 2.30. The van der Waals surface area contributed by atoms with Gasteiger partial charge in [-0.3, -0.25) is 4.79 Å². The van der Waals surface area contributed by atoms with Gasteiger partial charge in [0.05, 0.1) is 25.7 Å². The van der Waals surface area contributed by atoms with Gasteiger partial charge in [0.15, 0.2) is 11.5 Å². The summed E-state index contributed by atoms with van der Waals surface area (Å²) in [6.45, 7) is -0.235. The summed E-state index contributed by atoms with van der Waals surface area (Å²) in [5, 5.41) is 3.25. The minimum atomic E-state index is -4.01. The van der Waals surface area contributed by atoms with Crippen molar-refractivity contribution in [3.05, 3.63) is 83.4 Å². The Morgan fingerprint density at radius 2 is 1.61 bits per heavy atom. The molecule has 3 aromatic rings. The van der Waals surface area contributed by atoms with Crippen LogP contribution in [0.3, 0.4) is 0 Å². The van der Waals surface area contributed by atoms with E-state index in [1.165, 1.54) is 32.4 Å². The van der Waals surface area contributed by atoms with Crippen LogP contribution in [-0.4, -0.2) is 45.9 Å². The van der Waals surface area contributed by atoms with Crippen LogP contribution in [0.2, 0.25) is 5.02 Å². The molecule has 0 fully saturated rings. The standard InChI is InChI=1S/C24H25ClN2O5S/c1-31-22-13-12-21(16-23(22)32-2)33(29,30)27(15-14-18-6-4-3-5-7-18)17-24(28)26-20-10-8-19(25)9-11-20/h3-13,16H,14-15,17H2,1-2H3,(H,26,28). The summed E-state index contributed by atoms with van der Waals surface area (Å²) >= 11 is 5.89. The maximum atomic E-state index is 13.5. The van der Waals surface area contributed by atoms with Crippen molar-refractivity contribution in [2.45, 2.75) is 11.3 Å². The normalized spacial score (nSPS) is 11.3. The van der Waals surface area contributed by atoms with E-state index in [0.717, 1.165) is 9.87 Å². The molecule has 0 radical (unpaired) electrons. The molecule has 0 aliphatic heterocycles. The van der Waals surface area contributed by atoms with Crippen LogP contribution in [0.5, 0.6) is 11.5 Å². The summed E-state index contributed by atoms with van der Waals surface area (Å²) < 4.78 is 38.6. The molecule has 0 aromatic heterocycles. The van der Waals surface area contributed by atoms with Gasteiger partial charge in [-0.2, -0.15) is 4.31 Å². The fourth-order valence-corrected chi connectivity index (χ4v) is 4.74. The van der Waals surface area contributed by atoms with E-state index in [2.05, 4.69) is 5.32 Å². The van der Waals surface area contributed by atoms with Crippen LogP contribution in [0.1, 0.15) is 5.56 Å². The summed E-state index contributed by atoms with van der Waals surface area (Å²) in [6.07, 6.45) is 0.446. The molecule has 1 amide bonds. The van der Waals surface area contributed by atoms with E-state index >= 15 is 0 Å². The Morgan fingerprint density at radius 1 is 0.939 bits per heavy atom. The summed E-state index contributed by atoms with van der Waals surface area (Å²) in [4.78, 5) is 12.7. The van der Waals surface area contributed by atoms with Gasteiger partial charge in [0.2, 0.25) is 15.9 Å². The SMILES string of the molecule is COc1ccc(S(=O)(=O)N(CCc2ccccc2)CC(=O)Nc2ccc(Cl)cc2)cc1OC. The average Bonchev–Trinajstić information content (AvgIpc) is 2.83. The molecule has 0 unspecified atom stereocenters. The number of hydrogen-bond acceptors (Lipinski definition) is 5. The molecule has 0 bridgehead atoms. The highest BCUT2D eigenvalue weighted by molar-refractivity contribution is 7.89. The number of sulfonamides is 1. The molecular formula is C24H25ClN2O5S. The monoisotopic (exact) mass is 488 g/mol. The number of nitrogens with zero attached hydrogens (tertiary/aromatic N) is 1. The van der Waals surface area contributed by atoms with Gasteiger partial charge in [0.25, 0.3) is 0 Å². The highest BCUT2D eigenvalue weighted by atomic mass is 35.5. The summed E-state index contributed by atoms with van der Waals surface area (Å²) in [7, 11) is -1.10. The predicted octanol–water partition coefficient (Wildman–Crippen LogP) is 4.23. The minimum Gasteiger partial charge on any atom is -0.493 e. The summed E-state index contributed by atoms with van der Waals surface area (Å²) in [5.41, 5.74) is 1.49. The van der Waals surface area contributed by atoms with Gasteiger partial charge in [0, 0.05) is 23.3 Å². The lowest BCUT2D eigenvalue weighted by atomic mass is 10.1. The van der Waals surface area contributed by atoms with Gasteiger partial charge >= 0.3 is 0 Å². The number of amides is 1. The van der Waals surface area contributed by atoms with Crippen LogP contribution < -0.4 is 14.8 Å². The predicted molar refractivity (Wildman–Crippen MR) is 129 cm³/mol. The van der Waals surface area contributed by atoms with Gasteiger partial charge in [-0.15, -0.1) is 0 Å². The first kappa shape index (κ1) is 24.6. The topological polar surface area (TPSA) is 84.9 Å². The Hall–Kier alpha value is -3.07. The number of rotatable bonds is 10. The van der Waals surface area contributed by atoms with Crippen LogP contribution in [0.4, 0.5) is 5.69 Å². The first-order valence-corrected chi connectivity index (χ1v) is 12.0. The molecule has 1 N–H and O–H groups in total. The smallest absolute Gasteiger partial charge is 0.243 e. The zero-order valence-electron chi connectivity index (χ0n) is 18.3. The van der Waals surface area contributed by atoms with Gasteiger partial charge in [-0.1, -0.05) is 41.9 Å². The fraction of sp³-hybridized carbons (Fsp3) is 0.208. The average molecular weight is 489 g/mol. The molecule has 7 nitrogen and oxygen atoms in total.